The highest BCUT2D eigenvalue weighted by Crippen LogP contribution is 2.23. The first-order valence-electron chi connectivity index (χ1n) is 8.71. The molecule has 0 saturated carbocycles. The summed E-state index contributed by atoms with van der Waals surface area (Å²) in [5.74, 6) is -2.09. The van der Waals surface area contributed by atoms with Crippen molar-refractivity contribution in [1.29, 1.82) is 0 Å². The maximum Gasteiger partial charge on any atom is 0.337 e. The average Bonchev–Trinajstić information content (AvgIpc) is 2.98. The Morgan fingerprint density at radius 1 is 1.17 bits per heavy atom. The van der Waals surface area contributed by atoms with E-state index in [1.54, 1.807) is 24.3 Å². The summed E-state index contributed by atoms with van der Waals surface area (Å²) < 4.78 is 4.72. The van der Waals surface area contributed by atoms with Crippen molar-refractivity contribution in [2.45, 2.75) is 6.42 Å². The van der Waals surface area contributed by atoms with Gasteiger partial charge in [-0.2, -0.15) is 0 Å². The van der Waals surface area contributed by atoms with E-state index < -0.39 is 23.9 Å². The van der Waals surface area contributed by atoms with Crippen LogP contribution in [0, 0.1) is 0 Å². The highest BCUT2D eigenvalue weighted by atomic mass is 16.5. The van der Waals surface area contributed by atoms with E-state index in [1.807, 2.05) is 0 Å². The number of nitrogens with zero attached hydrogens (tertiary/aromatic N) is 1. The first kappa shape index (κ1) is 21.7. The van der Waals surface area contributed by atoms with E-state index in [4.69, 9.17) is 14.9 Å². The Kier molecular flexibility index (Phi) is 7.54. The van der Waals surface area contributed by atoms with Gasteiger partial charge in [0.1, 0.15) is 5.70 Å². The number of aliphatic carboxylic acids is 1. The molecule has 0 saturated heterocycles. The number of urea groups is 1. The number of aliphatic hydroxyl groups excluding tert-OH is 1. The fraction of sp³-hybridized carbons (Fsp3) is 0.333. The molecule has 5 N–H and O–H groups in total. The number of methoxy groups -OCH3 is 1. The number of hydrogen-bond acceptors (Lipinski definition) is 7. The van der Waals surface area contributed by atoms with Crippen LogP contribution in [0.1, 0.15) is 6.42 Å². The van der Waals surface area contributed by atoms with Crippen LogP contribution in [0.25, 0.3) is 0 Å². The lowest BCUT2D eigenvalue weighted by atomic mass is 10.2. The molecule has 0 aliphatic carbocycles. The van der Waals surface area contributed by atoms with Gasteiger partial charge in [0.2, 0.25) is 0 Å². The molecule has 156 valence electrons. The molecule has 3 amide bonds. The molecule has 11 heteroatoms. The zero-order valence-corrected chi connectivity index (χ0v) is 15.7. The van der Waals surface area contributed by atoms with Gasteiger partial charge < -0.3 is 35.8 Å². The molecule has 0 fully saturated rings. The van der Waals surface area contributed by atoms with Gasteiger partial charge in [0, 0.05) is 24.5 Å². The topological polar surface area (TPSA) is 157 Å². The zero-order chi connectivity index (χ0) is 21.4. The number of anilines is 2. The van der Waals surface area contributed by atoms with Gasteiger partial charge in [-0.15, -0.1) is 0 Å². The van der Waals surface area contributed by atoms with Gasteiger partial charge in [0.15, 0.2) is 0 Å². The average molecular weight is 406 g/mol. The van der Waals surface area contributed by atoms with E-state index in [0.717, 1.165) is 0 Å². The van der Waals surface area contributed by atoms with Gasteiger partial charge in [0.05, 0.1) is 32.3 Å². The minimum absolute atomic E-state index is 0.00226. The molecule has 0 bridgehead atoms. The minimum Gasteiger partial charge on any atom is -0.481 e. The number of carbonyl (C=O) groups is 4. The number of carboxylic acids is 1. The van der Waals surface area contributed by atoms with Crippen LogP contribution in [0.5, 0.6) is 0 Å². The monoisotopic (exact) mass is 406 g/mol. The van der Waals surface area contributed by atoms with E-state index in [-0.39, 0.29) is 43.9 Å². The largest absolute Gasteiger partial charge is 0.481 e. The van der Waals surface area contributed by atoms with Gasteiger partial charge in [-0.25, -0.2) is 9.59 Å². The number of carbonyl (C=O) groups excluding carboxylic acids is 3. The van der Waals surface area contributed by atoms with Crippen molar-refractivity contribution in [2.75, 3.05) is 44.0 Å². The number of rotatable bonds is 9. The number of hydrogen-bond donors (Lipinski definition) is 5. The first-order chi connectivity index (χ1) is 13.8. The Morgan fingerprint density at radius 3 is 2.41 bits per heavy atom. The first-order valence-corrected chi connectivity index (χ1v) is 8.71. The summed E-state index contributed by atoms with van der Waals surface area (Å²) in [7, 11) is 1.22. The molecule has 0 spiro atoms. The molecule has 1 aromatic carbocycles. The number of nitrogens with one attached hydrogen (secondary N) is 3. The third-order valence-electron chi connectivity index (χ3n) is 3.99. The molecule has 29 heavy (non-hydrogen) atoms. The van der Waals surface area contributed by atoms with E-state index >= 15 is 0 Å². The third-order valence-corrected chi connectivity index (χ3v) is 3.99. The van der Waals surface area contributed by atoms with E-state index in [1.165, 1.54) is 12.0 Å². The zero-order valence-electron chi connectivity index (χ0n) is 15.7. The number of β-amino-alcohol motifs (C(OH)–C–C–N with tert-alkyl or cyclic N) is 1. The van der Waals surface area contributed by atoms with Gasteiger partial charge in [0.25, 0.3) is 5.91 Å². The summed E-state index contributed by atoms with van der Waals surface area (Å²) in [6.07, 6.45) is -0.185. The van der Waals surface area contributed by atoms with Crippen LogP contribution in [0.3, 0.4) is 0 Å². The van der Waals surface area contributed by atoms with Crippen molar-refractivity contribution in [2.24, 2.45) is 0 Å². The molecule has 0 atom stereocenters. The van der Waals surface area contributed by atoms with Crippen LogP contribution >= 0.6 is 0 Å². The molecule has 1 aliphatic rings. The Hall–Kier alpha value is -3.60. The van der Waals surface area contributed by atoms with Crippen LogP contribution in [0.4, 0.5) is 16.2 Å². The molecule has 2 rings (SSSR count). The molecule has 11 nitrogen and oxygen atoms in total. The standard InChI is InChI=1S/C18H22N4O7/c1-29-17(27)13-10-22(8-9-23)16(26)15(13)20-11-2-4-12(5-3-11)21-18(28)19-7-6-14(24)25/h2-5,20,23H,6-10H2,1H3,(H,24,25)(H2,19,21,28). The molecule has 1 aromatic rings. The Labute approximate surface area is 166 Å². The summed E-state index contributed by atoms with van der Waals surface area (Å²) in [5.41, 5.74) is 1.17. The van der Waals surface area contributed by atoms with Crippen LogP contribution in [0.2, 0.25) is 0 Å². The number of benzene rings is 1. The quantitative estimate of drug-likeness (QED) is 0.357. The highest BCUT2D eigenvalue weighted by molar-refractivity contribution is 6.08. The van der Waals surface area contributed by atoms with Crippen molar-refractivity contribution in [3.05, 3.63) is 35.5 Å². The van der Waals surface area contributed by atoms with Gasteiger partial charge in [-0.05, 0) is 24.3 Å². The van der Waals surface area contributed by atoms with Crippen molar-refractivity contribution in [3.8, 4) is 0 Å². The number of esters is 1. The summed E-state index contributed by atoms with van der Waals surface area (Å²) in [4.78, 5) is 47.9. The number of amides is 3. The van der Waals surface area contributed by atoms with Crippen LogP contribution in [-0.4, -0.2) is 72.3 Å². The van der Waals surface area contributed by atoms with E-state index in [0.29, 0.717) is 11.4 Å². The smallest absolute Gasteiger partial charge is 0.337 e. The summed E-state index contributed by atoms with van der Waals surface area (Å²) in [6, 6.07) is 5.78. The lowest BCUT2D eigenvalue weighted by Crippen LogP contribution is -2.31. The molecule has 0 unspecified atom stereocenters. The Morgan fingerprint density at radius 2 is 1.83 bits per heavy atom. The lowest BCUT2D eigenvalue weighted by molar-refractivity contribution is -0.137. The summed E-state index contributed by atoms with van der Waals surface area (Å²) in [6.45, 7) is -0.116. The lowest BCUT2D eigenvalue weighted by Gasteiger charge is -2.15. The highest BCUT2D eigenvalue weighted by Gasteiger charge is 2.34. The molecular formula is C18H22N4O7. The molecule has 0 radical (unpaired) electrons. The SMILES string of the molecule is COC(=O)C1=C(Nc2ccc(NC(=O)NCCC(=O)O)cc2)C(=O)N(CCO)C1. The fourth-order valence-corrected chi connectivity index (χ4v) is 2.59. The summed E-state index contributed by atoms with van der Waals surface area (Å²) >= 11 is 0. The summed E-state index contributed by atoms with van der Waals surface area (Å²) in [5, 5.41) is 25.5. The van der Waals surface area contributed by atoms with Gasteiger partial charge in [-0.1, -0.05) is 0 Å². The number of carboxylic acid groups (broad SMARTS) is 1. The third kappa shape index (κ3) is 5.94. The molecular weight excluding hydrogens is 384 g/mol. The van der Waals surface area contributed by atoms with E-state index in [9.17, 15) is 19.2 Å². The number of aliphatic hydroxyl groups is 1. The predicted octanol–water partition coefficient (Wildman–Crippen LogP) is -0.0437. The fourth-order valence-electron chi connectivity index (χ4n) is 2.59. The van der Waals surface area contributed by atoms with Gasteiger partial charge >= 0.3 is 18.0 Å². The number of ether oxygens (including phenoxy) is 1. The Balaban J connectivity index is 2.03. The second-order valence-electron chi connectivity index (χ2n) is 6.02. The van der Waals surface area contributed by atoms with Crippen molar-refractivity contribution in [3.63, 3.8) is 0 Å². The van der Waals surface area contributed by atoms with E-state index in [2.05, 4.69) is 16.0 Å². The van der Waals surface area contributed by atoms with Gasteiger partial charge in [-0.3, -0.25) is 9.59 Å². The normalized spacial score (nSPS) is 13.3. The molecule has 1 aliphatic heterocycles. The molecule has 0 aromatic heterocycles. The second kappa shape index (κ2) is 10.1. The Bertz CT molecular complexity index is 820. The second-order valence-corrected chi connectivity index (χ2v) is 6.02. The predicted molar refractivity (Wildman–Crippen MR) is 102 cm³/mol. The van der Waals surface area contributed by atoms with Crippen LogP contribution in [0.15, 0.2) is 35.5 Å². The van der Waals surface area contributed by atoms with Crippen molar-refractivity contribution < 1.29 is 34.1 Å². The van der Waals surface area contributed by atoms with Crippen molar-refractivity contribution >= 4 is 35.3 Å². The maximum atomic E-state index is 12.5. The van der Waals surface area contributed by atoms with Crippen LogP contribution < -0.4 is 16.0 Å². The minimum atomic E-state index is -1.01. The van der Waals surface area contributed by atoms with Crippen LogP contribution in [-0.2, 0) is 19.1 Å². The molecule has 1 heterocycles. The van der Waals surface area contributed by atoms with Crippen molar-refractivity contribution in [1.82, 2.24) is 10.2 Å². The maximum absolute atomic E-state index is 12.5.